The molecule has 0 amide bonds. The summed E-state index contributed by atoms with van der Waals surface area (Å²) in [5, 5.41) is 3.23. The van der Waals surface area contributed by atoms with Crippen LogP contribution < -0.4 is 11.1 Å². The quantitative estimate of drug-likeness (QED) is 0.762. The van der Waals surface area contributed by atoms with Crippen molar-refractivity contribution < 1.29 is 0 Å². The van der Waals surface area contributed by atoms with Crippen LogP contribution in [0.25, 0.3) is 12.2 Å². The summed E-state index contributed by atoms with van der Waals surface area (Å²) >= 11 is 0. The maximum Gasteiger partial charge on any atom is 0.153 e. The van der Waals surface area contributed by atoms with E-state index in [1.54, 1.807) is 12.4 Å². The number of aromatic nitrogens is 2. The third kappa shape index (κ3) is 3.49. The first kappa shape index (κ1) is 13.8. The molecule has 0 spiro atoms. The molecular weight excluding hydrogens is 272 g/mol. The standard InChI is InChI=1S/C18H16N4/c19-17-8-4-12-21-18(17)22-16-7-3-5-14(13-16)9-10-15-6-1-2-11-20-15/h1-13H,19H2,(H,21,22)/b10-9+. The minimum Gasteiger partial charge on any atom is -0.396 e. The molecule has 0 atom stereocenters. The molecular formula is C18H16N4. The van der Waals surface area contributed by atoms with Gasteiger partial charge in [-0.25, -0.2) is 4.98 Å². The van der Waals surface area contributed by atoms with Crippen molar-refractivity contribution in [1.29, 1.82) is 0 Å². The molecule has 0 aliphatic rings. The van der Waals surface area contributed by atoms with Crippen LogP contribution in [-0.2, 0) is 0 Å². The molecule has 4 heteroatoms. The van der Waals surface area contributed by atoms with Gasteiger partial charge in [0.2, 0.25) is 0 Å². The van der Waals surface area contributed by atoms with Crippen molar-refractivity contribution in [3.63, 3.8) is 0 Å². The predicted octanol–water partition coefficient (Wildman–Crippen LogP) is 3.97. The van der Waals surface area contributed by atoms with Crippen LogP contribution in [0.3, 0.4) is 0 Å². The van der Waals surface area contributed by atoms with Gasteiger partial charge < -0.3 is 11.1 Å². The average Bonchev–Trinajstić information content (AvgIpc) is 2.57. The van der Waals surface area contributed by atoms with Crippen molar-refractivity contribution in [1.82, 2.24) is 9.97 Å². The highest BCUT2D eigenvalue weighted by Gasteiger charge is 2.00. The SMILES string of the molecule is Nc1cccnc1Nc1cccc(/C=C/c2ccccn2)c1. The zero-order valence-corrected chi connectivity index (χ0v) is 12.0. The Hall–Kier alpha value is -3.14. The van der Waals surface area contributed by atoms with E-state index in [9.17, 15) is 0 Å². The maximum atomic E-state index is 5.89. The molecule has 0 aliphatic heterocycles. The van der Waals surface area contributed by atoms with Gasteiger partial charge in [-0.1, -0.05) is 24.3 Å². The van der Waals surface area contributed by atoms with Gasteiger partial charge in [0.15, 0.2) is 5.82 Å². The molecule has 2 aromatic heterocycles. The van der Waals surface area contributed by atoms with Crippen LogP contribution in [0.2, 0.25) is 0 Å². The van der Waals surface area contributed by atoms with Gasteiger partial charge in [0.05, 0.1) is 11.4 Å². The number of nitrogen functional groups attached to an aromatic ring is 1. The first-order valence-electron chi connectivity index (χ1n) is 6.98. The molecule has 1 aromatic carbocycles. The highest BCUT2D eigenvalue weighted by atomic mass is 15.0. The number of nitrogens with two attached hydrogens (primary N) is 1. The molecule has 3 aromatic rings. The number of rotatable bonds is 4. The lowest BCUT2D eigenvalue weighted by Crippen LogP contribution is -1.98. The van der Waals surface area contributed by atoms with Crippen LogP contribution >= 0.6 is 0 Å². The highest BCUT2D eigenvalue weighted by Crippen LogP contribution is 2.21. The van der Waals surface area contributed by atoms with E-state index in [4.69, 9.17) is 5.73 Å². The van der Waals surface area contributed by atoms with Crippen molar-refractivity contribution in [3.8, 4) is 0 Å². The fourth-order valence-corrected chi connectivity index (χ4v) is 2.04. The van der Waals surface area contributed by atoms with Crippen LogP contribution in [-0.4, -0.2) is 9.97 Å². The van der Waals surface area contributed by atoms with Crippen molar-refractivity contribution in [3.05, 3.63) is 78.2 Å². The Balaban J connectivity index is 1.78. The molecule has 3 N–H and O–H groups in total. The molecule has 3 rings (SSSR count). The van der Waals surface area contributed by atoms with Crippen molar-refractivity contribution in [2.24, 2.45) is 0 Å². The summed E-state index contributed by atoms with van der Waals surface area (Å²) in [7, 11) is 0. The number of pyridine rings is 2. The third-order valence-electron chi connectivity index (χ3n) is 3.12. The molecule has 0 saturated carbocycles. The first-order chi connectivity index (χ1) is 10.8. The Kier molecular flexibility index (Phi) is 4.11. The van der Waals surface area contributed by atoms with Crippen LogP contribution in [0.15, 0.2) is 67.0 Å². The zero-order chi connectivity index (χ0) is 15.2. The van der Waals surface area contributed by atoms with Crippen LogP contribution in [0.5, 0.6) is 0 Å². The van der Waals surface area contributed by atoms with Crippen LogP contribution in [0.1, 0.15) is 11.3 Å². The molecule has 0 saturated heterocycles. The van der Waals surface area contributed by atoms with Crippen LogP contribution in [0, 0.1) is 0 Å². The summed E-state index contributed by atoms with van der Waals surface area (Å²) in [6.45, 7) is 0. The van der Waals surface area contributed by atoms with Gasteiger partial charge in [-0.05, 0) is 48.0 Å². The third-order valence-corrected chi connectivity index (χ3v) is 3.12. The molecule has 4 nitrogen and oxygen atoms in total. The molecule has 108 valence electrons. The maximum absolute atomic E-state index is 5.89. The molecule has 0 radical (unpaired) electrons. The first-order valence-corrected chi connectivity index (χ1v) is 6.98. The van der Waals surface area contributed by atoms with E-state index in [-0.39, 0.29) is 0 Å². The topological polar surface area (TPSA) is 63.8 Å². The second kappa shape index (κ2) is 6.54. The van der Waals surface area contributed by atoms with Crippen molar-refractivity contribution in [2.75, 3.05) is 11.1 Å². The molecule has 0 unspecified atom stereocenters. The van der Waals surface area contributed by atoms with E-state index in [0.717, 1.165) is 16.9 Å². The minimum absolute atomic E-state index is 0.622. The molecule has 2 heterocycles. The summed E-state index contributed by atoms with van der Waals surface area (Å²) < 4.78 is 0. The van der Waals surface area contributed by atoms with E-state index in [1.165, 1.54) is 0 Å². The number of hydrogen-bond acceptors (Lipinski definition) is 4. The fraction of sp³-hybridized carbons (Fsp3) is 0. The Labute approximate surface area is 129 Å². The Bertz CT molecular complexity index is 782. The fourth-order valence-electron chi connectivity index (χ4n) is 2.04. The van der Waals surface area contributed by atoms with Crippen LogP contribution in [0.4, 0.5) is 17.2 Å². The number of nitrogens with one attached hydrogen (secondary N) is 1. The van der Waals surface area contributed by atoms with E-state index in [0.29, 0.717) is 11.5 Å². The van der Waals surface area contributed by atoms with Gasteiger partial charge in [0.1, 0.15) is 0 Å². The molecule has 0 aliphatic carbocycles. The van der Waals surface area contributed by atoms with Gasteiger partial charge in [0.25, 0.3) is 0 Å². The van der Waals surface area contributed by atoms with Crippen molar-refractivity contribution in [2.45, 2.75) is 0 Å². The van der Waals surface area contributed by atoms with Gasteiger partial charge in [0, 0.05) is 18.1 Å². The summed E-state index contributed by atoms with van der Waals surface area (Å²) in [5.41, 5.74) is 9.45. The zero-order valence-electron chi connectivity index (χ0n) is 12.0. The smallest absolute Gasteiger partial charge is 0.153 e. The number of hydrogen-bond donors (Lipinski definition) is 2. The van der Waals surface area contributed by atoms with E-state index >= 15 is 0 Å². The average molecular weight is 288 g/mol. The second-order valence-corrected chi connectivity index (χ2v) is 4.78. The summed E-state index contributed by atoms with van der Waals surface area (Å²) in [4.78, 5) is 8.50. The van der Waals surface area contributed by atoms with Crippen molar-refractivity contribution >= 4 is 29.3 Å². The summed E-state index contributed by atoms with van der Waals surface area (Å²) in [5.74, 6) is 0.661. The minimum atomic E-state index is 0.622. The van der Waals surface area contributed by atoms with E-state index in [1.807, 2.05) is 66.7 Å². The number of benzene rings is 1. The Morgan fingerprint density at radius 3 is 2.59 bits per heavy atom. The molecule has 0 fully saturated rings. The monoisotopic (exact) mass is 288 g/mol. The summed E-state index contributed by atoms with van der Waals surface area (Å²) in [6, 6.07) is 17.5. The molecule has 0 bridgehead atoms. The molecule has 22 heavy (non-hydrogen) atoms. The Morgan fingerprint density at radius 1 is 0.864 bits per heavy atom. The largest absolute Gasteiger partial charge is 0.396 e. The van der Waals surface area contributed by atoms with Gasteiger partial charge >= 0.3 is 0 Å². The second-order valence-electron chi connectivity index (χ2n) is 4.78. The van der Waals surface area contributed by atoms with Gasteiger partial charge in [-0.15, -0.1) is 0 Å². The number of nitrogens with zero attached hydrogens (tertiary/aromatic N) is 2. The normalized spacial score (nSPS) is 10.7. The lowest BCUT2D eigenvalue weighted by molar-refractivity contribution is 1.30. The predicted molar refractivity (Wildman–Crippen MR) is 91.5 cm³/mol. The lowest BCUT2D eigenvalue weighted by atomic mass is 10.1. The van der Waals surface area contributed by atoms with Gasteiger partial charge in [-0.2, -0.15) is 0 Å². The highest BCUT2D eigenvalue weighted by molar-refractivity contribution is 5.73. The van der Waals surface area contributed by atoms with Gasteiger partial charge in [-0.3, -0.25) is 4.98 Å². The Morgan fingerprint density at radius 2 is 1.77 bits per heavy atom. The van der Waals surface area contributed by atoms with E-state index < -0.39 is 0 Å². The number of anilines is 3. The summed E-state index contributed by atoms with van der Waals surface area (Å²) in [6.07, 6.45) is 7.49. The lowest BCUT2D eigenvalue weighted by Gasteiger charge is -2.08. The van der Waals surface area contributed by atoms with E-state index in [2.05, 4.69) is 15.3 Å².